The van der Waals surface area contributed by atoms with Gasteiger partial charge in [-0.15, -0.1) is 11.3 Å². The van der Waals surface area contributed by atoms with Crippen molar-refractivity contribution in [1.82, 2.24) is 19.2 Å². The van der Waals surface area contributed by atoms with Crippen LogP contribution in [0, 0.1) is 5.92 Å². The van der Waals surface area contributed by atoms with Crippen molar-refractivity contribution in [3.05, 3.63) is 77.5 Å². The number of hydrogen-bond acceptors (Lipinski definition) is 6. The van der Waals surface area contributed by atoms with Crippen LogP contribution in [0.5, 0.6) is 5.75 Å². The number of thiazole rings is 1. The first-order valence-electron chi connectivity index (χ1n) is 11.7. The van der Waals surface area contributed by atoms with Gasteiger partial charge in [-0.1, -0.05) is 12.1 Å². The van der Waals surface area contributed by atoms with E-state index in [1.54, 1.807) is 30.3 Å². The number of carbonyl (C=O) groups is 2. The van der Waals surface area contributed by atoms with Gasteiger partial charge in [-0.25, -0.2) is 4.98 Å². The van der Waals surface area contributed by atoms with Gasteiger partial charge in [-0.3, -0.25) is 14.0 Å². The number of aromatic nitrogens is 2. The van der Waals surface area contributed by atoms with E-state index in [-0.39, 0.29) is 23.8 Å². The summed E-state index contributed by atoms with van der Waals surface area (Å²) >= 11 is 1.51. The number of piperidine rings is 1. The minimum atomic E-state index is -0.139. The van der Waals surface area contributed by atoms with Gasteiger partial charge in [0.15, 0.2) is 10.7 Å². The number of hydrogen-bond donors (Lipinski definition) is 0. The van der Waals surface area contributed by atoms with Gasteiger partial charge >= 0.3 is 0 Å². The highest BCUT2D eigenvalue weighted by molar-refractivity contribution is 7.15. The molecule has 0 N–H and O–H groups in total. The molecule has 9 heteroatoms. The summed E-state index contributed by atoms with van der Waals surface area (Å²) in [5.41, 5.74) is 1.58. The normalized spacial score (nSPS) is 15.3. The van der Waals surface area contributed by atoms with Crippen LogP contribution in [0.2, 0.25) is 0 Å². The Bertz CT molecular complexity index is 1280. The molecule has 35 heavy (non-hydrogen) atoms. The molecule has 1 aromatic carbocycles. The topological polar surface area (TPSA) is 80.3 Å². The van der Waals surface area contributed by atoms with Crippen molar-refractivity contribution in [3.8, 4) is 5.75 Å². The average Bonchev–Trinajstić information content (AvgIpc) is 3.65. The minimum absolute atomic E-state index is 0.0382. The summed E-state index contributed by atoms with van der Waals surface area (Å²) < 4.78 is 12.7. The van der Waals surface area contributed by atoms with Crippen LogP contribution in [0.1, 0.15) is 39.4 Å². The molecular formula is C26H28N4O4S. The van der Waals surface area contributed by atoms with Crippen LogP contribution in [0.4, 0.5) is 0 Å². The van der Waals surface area contributed by atoms with Crippen LogP contribution >= 0.6 is 11.3 Å². The standard InChI is InChI=1S/C26H28N4O4S/c1-28(25(32)23-7-4-13-34-23)22(16-18-5-3-6-20(15-18)33-2)19-8-10-29(11-9-19)24(31)21-17-30-12-14-35-26(30)27-21/h3-7,12-15,17,19,22H,8-11,16H2,1-2H3/t22-/m1/s1. The van der Waals surface area contributed by atoms with E-state index in [2.05, 4.69) is 11.1 Å². The quantitative estimate of drug-likeness (QED) is 0.386. The smallest absolute Gasteiger partial charge is 0.289 e. The van der Waals surface area contributed by atoms with Gasteiger partial charge in [0.2, 0.25) is 0 Å². The van der Waals surface area contributed by atoms with Crippen molar-refractivity contribution in [3.63, 3.8) is 0 Å². The minimum Gasteiger partial charge on any atom is -0.497 e. The Morgan fingerprint density at radius 2 is 2.09 bits per heavy atom. The molecule has 1 saturated heterocycles. The number of imidazole rings is 1. The fourth-order valence-electron chi connectivity index (χ4n) is 4.87. The van der Waals surface area contributed by atoms with E-state index in [0.29, 0.717) is 31.0 Å². The summed E-state index contributed by atoms with van der Waals surface area (Å²) in [5, 5.41) is 1.95. The van der Waals surface area contributed by atoms with E-state index >= 15 is 0 Å². The van der Waals surface area contributed by atoms with Crippen LogP contribution < -0.4 is 4.74 Å². The highest BCUT2D eigenvalue weighted by Gasteiger charge is 2.34. The molecule has 3 aromatic heterocycles. The lowest BCUT2D eigenvalue weighted by molar-refractivity contribution is 0.0502. The van der Waals surface area contributed by atoms with E-state index in [1.807, 2.05) is 46.1 Å². The lowest BCUT2D eigenvalue weighted by Crippen LogP contribution is -2.48. The Morgan fingerprint density at radius 3 is 2.80 bits per heavy atom. The van der Waals surface area contributed by atoms with Gasteiger partial charge in [0, 0.05) is 44.0 Å². The lowest BCUT2D eigenvalue weighted by atomic mass is 9.84. The number of furan rings is 1. The monoisotopic (exact) mass is 492 g/mol. The number of benzene rings is 1. The molecule has 182 valence electrons. The number of nitrogens with zero attached hydrogens (tertiary/aromatic N) is 4. The molecule has 1 fully saturated rings. The van der Waals surface area contributed by atoms with Crippen LogP contribution in [0.15, 0.2) is 64.9 Å². The highest BCUT2D eigenvalue weighted by atomic mass is 32.1. The summed E-state index contributed by atoms with van der Waals surface area (Å²) in [6.45, 7) is 1.26. The SMILES string of the molecule is COc1cccc(C[C@H](C2CCN(C(=O)c3cn4ccsc4n3)CC2)N(C)C(=O)c2ccco2)c1. The molecular weight excluding hydrogens is 464 g/mol. The van der Waals surface area contributed by atoms with Crippen molar-refractivity contribution in [1.29, 1.82) is 0 Å². The Morgan fingerprint density at radius 1 is 1.26 bits per heavy atom. The van der Waals surface area contributed by atoms with E-state index in [1.165, 1.54) is 17.6 Å². The number of methoxy groups -OCH3 is 1. The molecule has 8 nitrogen and oxygen atoms in total. The van der Waals surface area contributed by atoms with Crippen molar-refractivity contribution < 1.29 is 18.7 Å². The molecule has 4 aromatic rings. The summed E-state index contributed by atoms with van der Waals surface area (Å²) in [7, 11) is 3.49. The second-order valence-electron chi connectivity index (χ2n) is 8.86. The number of rotatable bonds is 7. The Balaban J connectivity index is 1.32. The molecule has 0 aliphatic carbocycles. The zero-order chi connectivity index (χ0) is 24.4. The maximum Gasteiger partial charge on any atom is 0.289 e. The maximum absolute atomic E-state index is 13.2. The zero-order valence-electron chi connectivity index (χ0n) is 19.8. The number of likely N-dealkylation sites (N-methyl/N-ethyl adjacent to an activating group) is 1. The van der Waals surface area contributed by atoms with E-state index < -0.39 is 0 Å². The molecule has 1 aliphatic rings. The molecule has 5 rings (SSSR count). The zero-order valence-corrected chi connectivity index (χ0v) is 20.6. The van der Waals surface area contributed by atoms with Crippen LogP contribution in [0.3, 0.4) is 0 Å². The Kier molecular flexibility index (Phi) is 6.59. The molecule has 4 heterocycles. The van der Waals surface area contributed by atoms with Gasteiger partial charge in [0.05, 0.1) is 13.4 Å². The molecule has 2 amide bonds. The molecule has 0 saturated carbocycles. The van der Waals surface area contributed by atoms with Gasteiger partial charge in [0.25, 0.3) is 11.8 Å². The van der Waals surface area contributed by atoms with Crippen molar-refractivity contribution in [2.75, 3.05) is 27.2 Å². The van der Waals surface area contributed by atoms with Crippen molar-refractivity contribution >= 4 is 28.1 Å². The number of ether oxygens (including phenoxy) is 1. The third kappa shape index (κ3) is 4.81. The van der Waals surface area contributed by atoms with Gasteiger partial charge < -0.3 is 19.0 Å². The number of amides is 2. The number of fused-ring (bicyclic) bond motifs is 1. The molecule has 1 aliphatic heterocycles. The third-order valence-corrected chi connectivity index (χ3v) is 7.58. The maximum atomic E-state index is 13.2. The second kappa shape index (κ2) is 9.95. The van der Waals surface area contributed by atoms with Crippen molar-refractivity contribution in [2.24, 2.45) is 5.92 Å². The molecule has 0 spiro atoms. The van der Waals surface area contributed by atoms with E-state index in [9.17, 15) is 9.59 Å². The van der Waals surface area contributed by atoms with Gasteiger partial charge in [0.1, 0.15) is 11.4 Å². The lowest BCUT2D eigenvalue weighted by Gasteiger charge is -2.39. The van der Waals surface area contributed by atoms with Crippen LogP contribution in [-0.2, 0) is 6.42 Å². The molecule has 1 atom stereocenters. The number of likely N-dealkylation sites (tertiary alicyclic amines) is 1. The number of carbonyl (C=O) groups excluding carboxylic acids is 2. The molecule has 0 unspecified atom stereocenters. The predicted octanol–water partition coefficient (Wildman–Crippen LogP) is 4.23. The van der Waals surface area contributed by atoms with Crippen molar-refractivity contribution in [2.45, 2.75) is 25.3 Å². The third-order valence-electron chi connectivity index (χ3n) is 6.81. The fourth-order valence-corrected chi connectivity index (χ4v) is 5.57. The fraction of sp³-hybridized carbons (Fsp3) is 0.346. The Labute approximate surface area is 207 Å². The first-order chi connectivity index (χ1) is 17.0. The largest absolute Gasteiger partial charge is 0.497 e. The van der Waals surface area contributed by atoms with Crippen LogP contribution in [0.25, 0.3) is 4.96 Å². The van der Waals surface area contributed by atoms with E-state index in [4.69, 9.17) is 9.15 Å². The summed E-state index contributed by atoms with van der Waals surface area (Å²) in [5.74, 6) is 1.18. The summed E-state index contributed by atoms with van der Waals surface area (Å²) in [4.78, 5) is 35.2. The first kappa shape index (κ1) is 23.2. The second-order valence-corrected chi connectivity index (χ2v) is 9.74. The first-order valence-corrected chi connectivity index (χ1v) is 12.6. The highest BCUT2D eigenvalue weighted by Crippen LogP contribution is 2.29. The van der Waals surface area contributed by atoms with Gasteiger partial charge in [-0.05, 0) is 55.0 Å². The van der Waals surface area contributed by atoms with Gasteiger partial charge in [-0.2, -0.15) is 0 Å². The predicted molar refractivity (Wildman–Crippen MR) is 133 cm³/mol. The summed E-state index contributed by atoms with van der Waals surface area (Å²) in [6.07, 6.45) is 7.52. The molecule has 0 bridgehead atoms. The Hall–Kier alpha value is -3.59. The average molecular weight is 493 g/mol. The summed E-state index contributed by atoms with van der Waals surface area (Å²) in [6, 6.07) is 11.3. The van der Waals surface area contributed by atoms with Crippen LogP contribution in [-0.4, -0.2) is 64.3 Å². The molecule has 0 radical (unpaired) electrons. The van der Waals surface area contributed by atoms with E-state index in [0.717, 1.165) is 29.1 Å².